The zero-order chi connectivity index (χ0) is 22.5. The van der Waals surface area contributed by atoms with Crippen LogP contribution in [0.4, 0.5) is 0 Å². The lowest BCUT2D eigenvalue weighted by Crippen LogP contribution is -2.54. The van der Waals surface area contributed by atoms with E-state index < -0.39 is 0 Å². The molecule has 182 valence electrons. The van der Waals surface area contributed by atoms with Crippen LogP contribution in [0.3, 0.4) is 0 Å². The molecular weight excluding hydrogens is 525 g/mol. The number of para-hydroxylation sites is 2. The number of ether oxygens (including phenoxy) is 3. The van der Waals surface area contributed by atoms with E-state index in [1.165, 1.54) is 0 Å². The SMILES string of the molecule is CCNC(=NCC(C)Oc1ccccc1OC)N1CCN(CC(=O)NCCOC)CC1.I. The quantitative estimate of drug-likeness (QED) is 0.182. The van der Waals surface area contributed by atoms with Crippen LogP contribution < -0.4 is 20.1 Å². The van der Waals surface area contributed by atoms with E-state index in [4.69, 9.17) is 19.2 Å². The fourth-order valence-electron chi connectivity index (χ4n) is 3.28. The summed E-state index contributed by atoms with van der Waals surface area (Å²) in [6.07, 6.45) is -0.0953. The number of guanidine groups is 1. The molecule has 1 aromatic rings. The number of rotatable bonds is 11. The first-order valence-corrected chi connectivity index (χ1v) is 10.9. The van der Waals surface area contributed by atoms with Crippen LogP contribution in [0.25, 0.3) is 0 Å². The van der Waals surface area contributed by atoms with Gasteiger partial charge in [0.25, 0.3) is 0 Å². The van der Waals surface area contributed by atoms with Gasteiger partial charge in [0.2, 0.25) is 5.91 Å². The molecular formula is C22H38IN5O4. The van der Waals surface area contributed by atoms with Crippen molar-refractivity contribution in [2.75, 3.05) is 73.2 Å². The zero-order valence-electron chi connectivity index (χ0n) is 19.6. The molecule has 0 aromatic heterocycles. The van der Waals surface area contributed by atoms with Gasteiger partial charge in [-0.3, -0.25) is 9.69 Å². The molecule has 0 bridgehead atoms. The van der Waals surface area contributed by atoms with Crippen LogP contribution in [0.5, 0.6) is 11.5 Å². The van der Waals surface area contributed by atoms with Gasteiger partial charge in [0, 0.05) is 46.4 Å². The maximum atomic E-state index is 12.0. The maximum absolute atomic E-state index is 12.0. The van der Waals surface area contributed by atoms with Gasteiger partial charge in [-0.15, -0.1) is 24.0 Å². The summed E-state index contributed by atoms with van der Waals surface area (Å²) in [6, 6.07) is 7.62. The molecule has 32 heavy (non-hydrogen) atoms. The number of piperazine rings is 1. The van der Waals surface area contributed by atoms with Crippen LogP contribution in [0.1, 0.15) is 13.8 Å². The predicted molar refractivity (Wildman–Crippen MR) is 137 cm³/mol. The molecule has 1 aliphatic heterocycles. The third-order valence-corrected chi connectivity index (χ3v) is 4.90. The molecule has 1 amide bonds. The van der Waals surface area contributed by atoms with Gasteiger partial charge in [0.05, 0.1) is 26.8 Å². The highest BCUT2D eigenvalue weighted by Gasteiger charge is 2.21. The summed E-state index contributed by atoms with van der Waals surface area (Å²) in [4.78, 5) is 21.2. The molecule has 1 atom stereocenters. The van der Waals surface area contributed by atoms with Crippen LogP contribution in [0.15, 0.2) is 29.3 Å². The van der Waals surface area contributed by atoms with E-state index in [1.54, 1.807) is 14.2 Å². The van der Waals surface area contributed by atoms with Gasteiger partial charge in [0.1, 0.15) is 6.10 Å². The van der Waals surface area contributed by atoms with Crippen molar-refractivity contribution in [2.45, 2.75) is 20.0 Å². The highest BCUT2D eigenvalue weighted by atomic mass is 127. The van der Waals surface area contributed by atoms with Crippen molar-refractivity contribution in [2.24, 2.45) is 4.99 Å². The molecule has 1 unspecified atom stereocenters. The molecule has 1 fully saturated rings. The van der Waals surface area contributed by atoms with Crippen molar-refractivity contribution >= 4 is 35.8 Å². The molecule has 0 radical (unpaired) electrons. The van der Waals surface area contributed by atoms with E-state index in [9.17, 15) is 4.79 Å². The van der Waals surface area contributed by atoms with Gasteiger partial charge < -0.3 is 29.7 Å². The largest absolute Gasteiger partial charge is 0.493 e. The van der Waals surface area contributed by atoms with Crippen molar-refractivity contribution < 1.29 is 19.0 Å². The third-order valence-electron chi connectivity index (χ3n) is 4.90. The first-order chi connectivity index (χ1) is 15.1. The zero-order valence-corrected chi connectivity index (χ0v) is 22.0. The predicted octanol–water partition coefficient (Wildman–Crippen LogP) is 1.43. The number of nitrogens with zero attached hydrogens (tertiary/aromatic N) is 3. The van der Waals surface area contributed by atoms with Crippen LogP contribution in [0, 0.1) is 0 Å². The summed E-state index contributed by atoms with van der Waals surface area (Å²) in [6.45, 7) is 10.1. The maximum Gasteiger partial charge on any atom is 0.234 e. The van der Waals surface area contributed by atoms with Crippen molar-refractivity contribution in [3.8, 4) is 11.5 Å². The number of hydrogen-bond donors (Lipinski definition) is 2. The third kappa shape index (κ3) is 9.78. The van der Waals surface area contributed by atoms with Gasteiger partial charge in [0.15, 0.2) is 17.5 Å². The van der Waals surface area contributed by atoms with Crippen LogP contribution in [-0.2, 0) is 9.53 Å². The van der Waals surface area contributed by atoms with Gasteiger partial charge >= 0.3 is 0 Å². The minimum atomic E-state index is -0.0953. The standard InChI is InChI=1S/C22H37N5O4.HI/c1-5-23-22(25-16-18(2)31-20-9-7-6-8-19(20)30-4)27-13-11-26(12-14-27)17-21(28)24-10-15-29-3;/h6-9,18H,5,10-17H2,1-4H3,(H,23,25)(H,24,28);1H. The molecule has 9 nitrogen and oxygen atoms in total. The summed E-state index contributed by atoms with van der Waals surface area (Å²) < 4.78 is 16.3. The average molecular weight is 563 g/mol. The van der Waals surface area contributed by atoms with Crippen LogP contribution in [0.2, 0.25) is 0 Å². The van der Waals surface area contributed by atoms with E-state index in [0.717, 1.165) is 44.4 Å². The van der Waals surface area contributed by atoms with E-state index >= 15 is 0 Å². The molecule has 10 heteroatoms. The Morgan fingerprint density at radius 2 is 1.81 bits per heavy atom. The lowest BCUT2D eigenvalue weighted by atomic mass is 10.3. The Morgan fingerprint density at radius 1 is 1.12 bits per heavy atom. The Hall–Kier alpha value is -1.79. The molecule has 0 saturated carbocycles. The minimum Gasteiger partial charge on any atom is -0.493 e. The summed E-state index contributed by atoms with van der Waals surface area (Å²) >= 11 is 0. The molecule has 1 aliphatic rings. The number of carbonyl (C=O) groups is 1. The molecule has 2 rings (SSSR count). The van der Waals surface area contributed by atoms with Crippen molar-refractivity contribution in [3.63, 3.8) is 0 Å². The number of nitrogens with one attached hydrogen (secondary N) is 2. The van der Waals surface area contributed by atoms with Crippen molar-refractivity contribution in [1.82, 2.24) is 20.4 Å². The summed E-state index contributed by atoms with van der Waals surface area (Å²) in [5, 5.41) is 6.24. The van der Waals surface area contributed by atoms with E-state index in [-0.39, 0.29) is 36.0 Å². The minimum absolute atomic E-state index is 0. The monoisotopic (exact) mass is 563 g/mol. The Kier molecular flexibility index (Phi) is 14.1. The molecule has 0 aliphatic carbocycles. The number of methoxy groups -OCH3 is 2. The number of amides is 1. The fraction of sp³-hybridized carbons (Fsp3) is 0.636. The number of hydrogen-bond acceptors (Lipinski definition) is 6. The Labute approximate surface area is 208 Å². The molecule has 2 N–H and O–H groups in total. The molecule has 1 heterocycles. The first kappa shape index (κ1) is 28.2. The number of halogens is 1. The van der Waals surface area contributed by atoms with E-state index in [0.29, 0.717) is 32.0 Å². The van der Waals surface area contributed by atoms with Gasteiger partial charge in [-0.2, -0.15) is 0 Å². The van der Waals surface area contributed by atoms with Gasteiger partial charge in [-0.25, -0.2) is 4.99 Å². The second-order valence-corrected chi connectivity index (χ2v) is 7.38. The van der Waals surface area contributed by atoms with Gasteiger partial charge in [-0.1, -0.05) is 12.1 Å². The fourth-order valence-corrected chi connectivity index (χ4v) is 3.28. The topological polar surface area (TPSA) is 87.7 Å². The number of benzene rings is 1. The van der Waals surface area contributed by atoms with Crippen molar-refractivity contribution in [3.05, 3.63) is 24.3 Å². The smallest absolute Gasteiger partial charge is 0.234 e. The number of carbonyl (C=O) groups excluding carboxylic acids is 1. The second-order valence-electron chi connectivity index (χ2n) is 7.38. The average Bonchev–Trinajstić information content (AvgIpc) is 2.78. The normalized spacial score (nSPS) is 15.5. The summed E-state index contributed by atoms with van der Waals surface area (Å²) in [5.74, 6) is 2.35. The molecule has 1 aromatic carbocycles. The highest BCUT2D eigenvalue weighted by molar-refractivity contribution is 14.0. The van der Waals surface area contributed by atoms with Crippen LogP contribution >= 0.6 is 24.0 Å². The Balaban J connectivity index is 0.00000512. The summed E-state index contributed by atoms with van der Waals surface area (Å²) in [5.41, 5.74) is 0. The van der Waals surface area contributed by atoms with Crippen molar-refractivity contribution in [1.29, 1.82) is 0 Å². The lowest BCUT2D eigenvalue weighted by molar-refractivity contribution is -0.122. The second kappa shape index (κ2) is 15.9. The molecule has 1 saturated heterocycles. The van der Waals surface area contributed by atoms with Gasteiger partial charge in [-0.05, 0) is 26.0 Å². The van der Waals surface area contributed by atoms with E-state index in [2.05, 4.69) is 27.4 Å². The Morgan fingerprint density at radius 3 is 2.44 bits per heavy atom. The number of aliphatic imine (C=N–C) groups is 1. The van der Waals surface area contributed by atoms with Crippen LogP contribution in [-0.4, -0.2) is 101 Å². The summed E-state index contributed by atoms with van der Waals surface area (Å²) in [7, 11) is 3.26. The van der Waals surface area contributed by atoms with E-state index in [1.807, 2.05) is 31.2 Å². The highest BCUT2D eigenvalue weighted by Crippen LogP contribution is 2.26. The molecule has 0 spiro atoms. The lowest BCUT2D eigenvalue weighted by Gasteiger charge is -2.36. The Bertz CT molecular complexity index is 699. The first-order valence-electron chi connectivity index (χ1n) is 10.9.